The fourth-order valence-corrected chi connectivity index (χ4v) is 3.55. The zero-order valence-corrected chi connectivity index (χ0v) is 16.3. The maximum atomic E-state index is 12.3. The molecule has 3 N–H and O–H groups in total. The molecule has 1 fully saturated rings. The largest absolute Gasteiger partial charge is 0.497 e. The van der Waals surface area contributed by atoms with E-state index in [0.717, 1.165) is 23.3 Å². The Kier molecular flexibility index (Phi) is 4.88. The van der Waals surface area contributed by atoms with Crippen molar-refractivity contribution in [3.63, 3.8) is 0 Å². The summed E-state index contributed by atoms with van der Waals surface area (Å²) in [5.41, 5.74) is 3.29. The maximum Gasteiger partial charge on any atom is 0.329 e. The van der Waals surface area contributed by atoms with Crippen LogP contribution in [0.15, 0.2) is 53.3 Å². The van der Waals surface area contributed by atoms with Gasteiger partial charge in [-0.1, -0.05) is 36.4 Å². The molecule has 1 saturated carbocycles. The minimum Gasteiger partial charge on any atom is -0.497 e. The average Bonchev–Trinajstić information content (AvgIpc) is 3.45. The van der Waals surface area contributed by atoms with Gasteiger partial charge in [0.2, 0.25) is 11.8 Å². The average molecular weight is 393 g/mol. The predicted octanol–water partition coefficient (Wildman–Crippen LogP) is 2.54. The molecular formula is C22H23N3O4. The molecule has 0 aliphatic heterocycles. The third-order valence-electron chi connectivity index (χ3n) is 5.42. The Balaban J connectivity index is 1.36. The molecule has 3 aromatic rings. The summed E-state index contributed by atoms with van der Waals surface area (Å²) in [5, 5.41) is 12.5. The van der Waals surface area contributed by atoms with E-state index in [1.54, 1.807) is 14.0 Å². The number of hydrogen-bond donors (Lipinski definition) is 3. The molecule has 1 aromatic heterocycles. The van der Waals surface area contributed by atoms with E-state index < -0.39 is 5.69 Å². The molecule has 29 heavy (non-hydrogen) atoms. The fraction of sp³-hybridized carbons (Fsp3) is 0.273. The Morgan fingerprint density at radius 2 is 1.79 bits per heavy atom. The molecule has 4 rings (SSSR count). The number of hydrogen-bond acceptors (Lipinski definition) is 4. The number of amides is 1. The Bertz CT molecular complexity index is 1080. The Labute approximate surface area is 168 Å². The van der Waals surface area contributed by atoms with Crippen LogP contribution in [-0.4, -0.2) is 33.7 Å². The van der Waals surface area contributed by atoms with Crippen LogP contribution in [0.3, 0.4) is 0 Å². The number of aromatic nitrogens is 2. The van der Waals surface area contributed by atoms with Gasteiger partial charge < -0.3 is 15.2 Å². The van der Waals surface area contributed by atoms with E-state index in [1.807, 2.05) is 24.3 Å². The third kappa shape index (κ3) is 3.89. The summed E-state index contributed by atoms with van der Waals surface area (Å²) in [4.78, 5) is 26.3. The van der Waals surface area contributed by atoms with E-state index in [-0.39, 0.29) is 30.3 Å². The van der Waals surface area contributed by atoms with Crippen molar-refractivity contribution in [1.29, 1.82) is 0 Å². The van der Waals surface area contributed by atoms with Crippen LogP contribution in [0.2, 0.25) is 0 Å². The lowest BCUT2D eigenvalue weighted by molar-refractivity contribution is -0.121. The zero-order valence-electron chi connectivity index (χ0n) is 16.3. The third-order valence-corrected chi connectivity index (χ3v) is 5.42. The lowest BCUT2D eigenvalue weighted by Crippen LogP contribution is -2.33. The number of methoxy groups -OCH3 is 1. The Morgan fingerprint density at radius 3 is 2.34 bits per heavy atom. The highest BCUT2D eigenvalue weighted by Crippen LogP contribution is 2.41. The highest BCUT2D eigenvalue weighted by molar-refractivity contribution is 5.77. The van der Waals surface area contributed by atoms with Crippen LogP contribution in [0, 0.1) is 6.92 Å². The summed E-state index contributed by atoms with van der Waals surface area (Å²) in [6, 6.07) is 16.3. The molecular weight excluding hydrogens is 370 g/mol. The van der Waals surface area contributed by atoms with Gasteiger partial charge in [-0.05, 0) is 42.2 Å². The maximum absolute atomic E-state index is 12.3. The first-order valence-electron chi connectivity index (χ1n) is 9.48. The van der Waals surface area contributed by atoms with Crippen LogP contribution in [0.4, 0.5) is 0 Å². The normalized spacial score (nSPS) is 17.7. The number of imidazole rings is 1. The molecule has 0 bridgehead atoms. The lowest BCUT2D eigenvalue weighted by Gasteiger charge is -2.08. The fourth-order valence-electron chi connectivity index (χ4n) is 3.55. The van der Waals surface area contributed by atoms with Crippen LogP contribution < -0.4 is 15.7 Å². The summed E-state index contributed by atoms with van der Waals surface area (Å²) >= 11 is 0. The van der Waals surface area contributed by atoms with Gasteiger partial charge in [0.25, 0.3) is 0 Å². The molecule has 0 saturated heterocycles. The highest BCUT2D eigenvalue weighted by Gasteiger charge is 2.39. The number of carbonyl (C=O) groups excluding carboxylic acids is 1. The molecule has 150 valence electrons. The zero-order chi connectivity index (χ0) is 20.5. The highest BCUT2D eigenvalue weighted by atomic mass is 16.5. The van der Waals surface area contributed by atoms with Gasteiger partial charge in [0.1, 0.15) is 12.3 Å². The molecule has 0 radical (unpaired) electrons. The van der Waals surface area contributed by atoms with Gasteiger partial charge in [0, 0.05) is 12.0 Å². The summed E-state index contributed by atoms with van der Waals surface area (Å²) in [5.74, 6) is 0.663. The number of rotatable bonds is 6. The van der Waals surface area contributed by atoms with Gasteiger partial charge in [0.15, 0.2) is 0 Å². The first-order chi connectivity index (χ1) is 14.0. The quantitative estimate of drug-likeness (QED) is 0.600. The summed E-state index contributed by atoms with van der Waals surface area (Å²) in [6.07, 6.45) is 0.875. The number of nitrogens with one attached hydrogen (secondary N) is 2. The molecule has 0 unspecified atom stereocenters. The summed E-state index contributed by atoms with van der Waals surface area (Å²) in [7, 11) is 1.65. The minimum absolute atomic E-state index is 0.0675. The first kappa shape index (κ1) is 18.9. The van der Waals surface area contributed by atoms with Crippen molar-refractivity contribution in [2.75, 3.05) is 7.11 Å². The van der Waals surface area contributed by atoms with Gasteiger partial charge in [-0.15, -0.1) is 0 Å². The van der Waals surface area contributed by atoms with Gasteiger partial charge in [-0.3, -0.25) is 14.3 Å². The van der Waals surface area contributed by atoms with Crippen molar-refractivity contribution >= 4 is 5.91 Å². The molecule has 7 nitrogen and oxygen atoms in total. The molecule has 2 atom stereocenters. The van der Waals surface area contributed by atoms with Crippen LogP contribution in [0.25, 0.3) is 11.1 Å². The summed E-state index contributed by atoms with van der Waals surface area (Å²) < 4.78 is 6.42. The standard InChI is InChI=1S/C22H23N3O4/c1-13-21(27)24-22(28)25(13)12-20(26)23-19-11-18(19)16-5-3-14(4-6-16)15-7-9-17(29-2)10-8-15/h3-10,18-19,27H,11-12H2,1-2H3,(H,23,26)(H,24,28)/t18-,19+/m1/s1. The van der Waals surface area contributed by atoms with Gasteiger partial charge in [-0.2, -0.15) is 0 Å². The molecule has 1 aliphatic rings. The van der Waals surface area contributed by atoms with Crippen LogP contribution in [0.5, 0.6) is 11.6 Å². The summed E-state index contributed by atoms with van der Waals surface area (Å²) in [6.45, 7) is 1.48. The van der Waals surface area contributed by atoms with E-state index in [9.17, 15) is 14.7 Å². The number of carbonyl (C=O) groups is 1. The second-order valence-electron chi connectivity index (χ2n) is 7.32. The van der Waals surface area contributed by atoms with Crippen LogP contribution >= 0.6 is 0 Å². The van der Waals surface area contributed by atoms with Gasteiger partial charge in [0.05, 0.1) is 12.8 Å². The number of aromatic hydroxyl groups is 1. The number of benzene rings is 2. The molecule has 1 amide bonds. The smallest absolute Gasteiger partial charge is 0.329 e. The Morgan fingerprint density at radius 1 is 1.17 bits per heavy atom. The monoisotopic (exact) mass is 393 g/mol. The molecule has 1 aliphatic carbocycles. The predicted molar refractivity (Wildman–Crippen MR) is 109 cm³/mol. The van der Waals surface area contributed by atoms with E-state index in [4.69, 9.17) is 4.74 Å². The van der Waals surface area contributed by atoms with Crippen molar-refractivity contribution < 1.29 is 14.6 Å². The van der Waals surface area contributed by atoms with Crippen molar-refractivity contribution in [1.82, 2.24) is 14.9 Å². The van der Waals surface area contributed by atoms with Crippen molar-refractivity contribution in [2.45, 2.75) is 31.8 Å². The Hall–Kier alpha value is -3.48. The van der Waals surface area contributed by atoms with Crippen molar-refractivity contribution in [2.24, 2.45) is 0 Å². The second-order valence-corrected chi connectivity index (χ2v) is 7.32. The number of aromatic amines is 1. The number of H-pyrrole nitrogens is 1. The molecule has 1 heterocycles. The van der Waals surface area contributed by atoms with E-state index >= 15 is 0 Å². The van der Waals surface area contributed by atoms with E-state index in [0.29, 0.717) is 5.69 Å². The van der Waals surface area contributed by atoms with Crippen LogP contribution in [-0.2, 0) is 11.3 Å². The lowest BCUT2D eigenvalue weighted by atomic mass is 10.0. The van der Waals surface area contributed by atoms with E-state index in [2.05, 4.69) is 34.6 Å². The molecule has 0 spiro atoms. The first-order valence-corrected chi connectivity index (χ1v) is 9.48. The topological polar surface area (TPSA) is 96.3 Å². The van der Waals surface area contributed by atoms with Crippen molar-refractivity contribution in [3.8, 4) is 22.8 Å². The SMILES string of the molecule is COc1ccc(-c2ccc([C@H]3C[C@@H]3NC(=O)Cn3c(C)c(O)[nH]c3=O)cc2)cc1. The van der Waals surface area contributed by atoms with E-state index in [1.165, 1.54) is 10.1 Å². The molecule has 7 heteroatoms. The number of ether oxygens (including phenoxy) is 1. The van der Waals surface area contributed by atoms with Gasteiger partial charge >= 0.3 is 5.69 Å². The second kappa shape index (κ2) is 7.50. The van der Waals surface area contributed by atoms with Crippen LogP contribution in [0.1, 0.15) is 23.6 Å². The van der Waals surface area contributed by atoms with Crippen molar-refractivity contribution in [3.05, 3.63) is 70.3 Å². The number of nitrogens with zero attached hydrogens (tertiary/aromatic N) is 1. The van der Waals surface area contributed by atoms with Gasteiger partial charge in [-0.25, -0.2) is 4.79 Å². The minimum atomic E-state index is -0.489. The molecule has 2 aromatic carbocycles.